The first kappa shape index (κ1) is 15.0. The predicted molar refractivity (Wildman–Crippen MR) is 79.7 cm³/mol. The van der Waals surface area contributed by atoms with Gasteiger partial charge in [-0.2, -0.15) is 13.2 Å². The van der Waals surface area contributed by atoms with E-state index in [-0.39, 0.29) is 0 Å². The first-order chi connectivity index (χ1) is 10.5. The lowest BCUT2D eigenvalue weighted by molar-refractivity contribution is -0.137. The maximum Gasteiger partial charge on any atom is 0.416 e. The highest BCUT2D eigenvalue weighted by molar-refractivity contribution is 5.49. The van der Waals surface area contributed by atoms with Crippen LogP contribution in [0.25, 0.3) is 0 Å². The van der Waals surface area contributed by atoms with Crippen LogP contribution in [0.1, 0.15) is 11.3 Å². The maximum absolute atomic E-state index is 12.8. The number of aromatic amines is 1. The molecule has 2 aromatic rings. The quantitative estimate of drug-likeness (QED) is 0.939. The van der Waals surface area contributed by atoms with E-state index in [1.165, 1.54) is 12.1 Å². The summed E-state index contributed by atoms with van der Waals surface area (Å²) in [5.74, 6) is 0. The van der Waals surface area contributed by atoms with Crippen molar-refractivity contribution in [3.05, 3.63) is 53.9 Å². The normalized spacial score (nSPS) is 17.0. The van der Waals surface area contributed by atoms with Gasteiger partial charge in [-0.05, 0) is 30.3 Å². The third-order valence-electron chi connectivity index (χ3n) is 3.97. The van der Waals surface area contributed by atoms with E-state index in [2.05, 4.69) is 9.88 Å². The first-order valence-corrected chi connectivity index (χ1v) is 7.29. The predicted octanol–water partition coefficient (Wildman–Crippen LogP) is 3.36. The van der Waals surface area contributed by atoms with Gasteiger partial charge in [0.25, 0.3) is 0 Å². The van der Waals surface area contributed by atoms with Crippen LogP contribution < -0.4 is 4.90 Å². The number of benzene rings is 1. The standard InChI is InChI=1S/C16H18F3N3/c17-16(18,19)13-3-1-5-15(11-13)22-9-7-21(8-10-22)12-14-4-2-6-20-14/h1-6,11,20H,7-10,12H2. The van der Waals surface area contributed by atoms with Crippen LogP contribution in [-0.2, 0) is 12.7 Å². The second kappa shape index (κ2) is 6.04. The molecule has 3 rings (SSSR count). The Hall–Kier alpha value is -1.95. The van der Waals surface area contributed by atoms with E-state index in [0.29, 0.717) is 5.69 Å². The molecule has 0 unspecified atom stereocenters. The fourth-order valence-electron chi connectivity index (χ4n) is 2.75. The molecule has 3 nitrogen and oxygen atoms in total. The SMILES string of the molecule is FC(F)(F)c1cccc(N2CCN(Cc3ccc[nH]3)CC2)c1. The summed E-state index contributed by atoms with van der Waals surface area (Å²) >= 11 is 0. The minimum atomic E-state index is -4.29. The van der Waals surface area contributed by atoms with Crippen LogP contribution >= 0.6 is 0 Å². The van der Waals surface area contributed by atoms with Crippen molar-refractivity contribution in [1.29, 1.82) is 0 Å². The summed E-state index contributed by atoms with van der Waals surface area (Å²) < 4.78 is 38.3. The topological polar surface area (TPSA) is 22.3 Å². The maximum atomic E-state index is 12.8. The Balaban J connectivity index is 1.61. The van der Waals surface area contributed by atoms with E-state index in [0.717, 1.165) is 44.5 Å². The highest BCUT2D eigenvalue weighted by Gasteiger charge is 2.31. The van der Waals surface area contributed by atoms with Gasteiger partial charge >= 0.3 is 6.18 Å². The molecule has 22 heavy (non-hydrogen) atoms. The number of anilines is 1. The van der Waals surface area contributed by atoms with Crippen molar-refractivity contribution in [1.82, 2.24) is 9.88 Å². The number of alkyl halides is 3. The molecule has 2 heterocycles. The molecule has 118 valence electrons. The number of aromatic nitrogens is 1. The van der Waals surface area contributed by atoms with Crippen molar-refractivity contribution < 1.29 is 13.2 Å². The van der Waals surface area contributed by atoms with E-state index in [4.69, 9.17) is 0 Å². The summed E-state index contributed by atoms with van der Waals surface area (Å²) in [6.45, 7) is 4.01. The number of hydrogen-bond donors (Lipinski definition) is 1. The highest BCUT2D eigenvalue weighted by atomic mass is 19.4. The molecule has 1 saturated heterocycles. The molecular weight excluding hydrogens is 291 g/mol. The number of nitrogens with zero attached hydrogens (tertiary/aromatic N) is 2. The lowest BCUT2D eigenvalue weighted by Gasteiger charge is -2.36. The van der Waals surface area contributed by atoms with Crippen molar-refractivity contribution in [3.8, 4) is 0 Å². The molecule has 1 N–H and O–H groups in total. The number of piperazine rings is 1. The number of hydrogen-bond acceptors (Lipinski definition) is 2. The van der Waals surface area contributed by atoms with Crippen LogP contribution in [0.5, 0.6) is 0 Å². The van der Waals surface area contributed by atoms with Gasteiger partial charge < -0.3 is 9.88 Å². The molecule has 0 amide bonds. The average molecular weight is 309 g/mol. The van der Waals surface area contributed by atoms with Gasteiger partial charge in [0.05, 0.1) is 5.56 Å². The Labute approximate surface area is 127 Å². The molecule has 1 fully saturated rings. The Bertz CT molecular complexity index is 599. The molecule has 0 atom stereocenters. The Morgan fingerprint density at radius 2 is 1.77 bits per heavy atom. The zero-order chi connectivity index (χ0) is 15.6. The van der Waals surface area contributed by atoms with Crippen LogP contribution in [0, 0.1) is 0 Å². The van der Waals surface area contributed by atoms with Gasteiger partial charge in [0.2, 0.25) is 0 Å². The second-order valence-corrected chi connectivity index (χ2v) is 5.51. The van der Waals surface area contributed by atoms with Gasteiger partial charge in [0.15, 0.2) is 0 Å². The third-order valence-corrected chi connectivity index (χ3v) is 3.97. The van der Waals surface area contributed by atoms with Gasteiger partial charge in [-0.25, -0.2) is 0 Å². The summed E-state index contributed by atoms with van der Waals surface area (Å²) in [6, 6.07) is 9.58. The molecule has 6 heteroatoms. The zero-order valence-corrected chi connectivity index (χ0v) is 12.1. The second-order valence-electron chi connectivity index (χ2n) is 5.51. The lowest BCUT2D eigenvalue weighted by atomic mass is 10.1. The molecular formula is C16H18F3N3. The summed E-state index contributed by atoms with van der Waals surface area (Å²) in [5, 5.41) is 0. The van der Waals surface area contributed by atoms with E-state index in [1.807, 2.05) is 23.2 Å². The van der Waals surface area contributed by atoms with Crippen molar-refractivity contribution >= 4 is 5.69 Å². The van der Waals surface area contributed by atoms with Gasteiger partial charge in [-0.3, -0.25) is 4.90 Å². The molecule has 1 aliphatic rings. The minimum absolute atomic E-state index is 0.584. The van der Waals surface area contributed by atoms with Crippen LogP contribution in [0.15, 0.2) is 42.6 Å². The number of halogens is 3. The van der Waals surface area contributed by atoms with Gasteiger partial charge in [0.1, 0.15) is 0 Å². The van der Waals surface area contributed by atoms with Crippen molar-refractivity contribution in [2.24, 2.45) is 0 Å². The Kier molecular flexibility index (Phi) is 4.11. The van der Waals surface area contributed by atoms with E-state index in [1.54, 1.807) is 6.07 Å². The molecule has 1 aromatic heterocycles. The van der Waals surface area contributed by atoms with Gasteiger partial charge in [-0.1, -0.05) is 6.07 Å². The highest BCUT2D eigenvalue weighted by Crippen LogP contribution is 2.31. The molecule has 1 aromatic carbocycles. The molecule has 0 saturated carbocycles. The molecule has 0 bridgehead atoms. The van der Waals surface area contributed by atoms with Crippen LogP contribution in [0.2, 0.25) is 0 Å². The zero-order valence-electron chi connectivity index (χ0n) is 12.1. The van der Waals surface area contributed by atoms with Crippen molar-refractivity contribution in [2.75, 3.05) is 31.1 Å². The van der Waals surface area contributed by atoms with Crippen LogP contribution in [-0.4, -0.2) is 36.1 Å². The summed E-state index contributed by atoms with van der Waals surface area (Å²) in [5.41, 5.74) is 1.22. The molecule has 0 aliphatic carbocycles. The summed E-state index contributed by atoms with van der Waals surface area (Å²) in [6.07, 6.45) is -2.39. The lowest BCUT2D eigenvalue weighted by Crippen LogP contribution is -2.46. The molecule has 1 aliphatic heterocycles. The van der Waals surface area contributed by atoms with Crippen molar-refractivity contribution in [3.63, 3.8) is 0 Å². The third kappa shape index (κ3) is 3.44. The largest absolute Gasteiger partial charge is 0.416 e. The monoisotopic (exact) mass is 309 g/mol. The van der Waals surface area contributed by atoms with Crippen molar-refractivity contribution in [2.45, 2.75) is 12.7 Å². The summed E-state index contributed by atoms with van der Waals surface area (Å²) in [7, 11) is 0. The average Bonchev–Trinajstić information content (AvgIpc) is 3.00. The smallest absolute Gasteiger partial charge is 0.369 e. The molecule has 0 radical (unpaired) electrons. The molecule has 0 spiro atoms. The van der Waals surface area contributed by atoms with Gasteiger partial charge in [0, 0.05) is 50.3 Å². The Morgan fingerprint density at radius 1 is 1.00 bits per heavy atom. The summed E-state index contributed by atoms with van der Waals surface area (Å²) in [4.78, 5) is 7.49. The fourth-order valence-corrected chi connectivity index (χ4v) is 2.75. The minimum Gasteiger partial charge on any atom is -0.369 e. The number of nitrogens with one attached hydrogen (secondary N) is 1. The van der Waals surface area contributed by atoms with Crippen LogP contribution in [0.4, 0.5) is 18.9 Å². The van der Waals surface area contributed by atoms with E-state index in [9.17, 15) is 13.2 Å². The van der Waals surface area contributed by atoms with Crippen LogP contribution in [0.3, 0.4) is 0 Å². The fraction of sp³-hybridized carbons (Fsp3) is 0.375. The first-order valence-electron chi connectivity index (χ1n) is 7.29. The van der Waals surface area contributed by atoms with Gasteiger partial charge in [-0.15, -0.1) is 0 Å². The number of rotatable bonds is 3. The Morgan fingerprint density at radius 3 is 2.41 bits per heavy atom. The van der Waals surface area contributed by atoms with E-state index >= 15 is 0 Å². The number of H-pyrrole nitrogens is 1. The van der Waals surface area contributed by atoms with E-state index < -0.39 is 11.7 Å².